The van der Waals surface area contributed by atoms with Crippen molar-refractivity contribution in [2.45, 2.75) is 0 Å². The number of benzene rings is 3. The van der Waals surface area contributed by atoms with E-state index in [1.54, 1.807) is 16.8 Å². The summed E-state index contributed by atoms with van der Waals surface area (Å²) in [5.41, 5.74) is 2.95. The molecule has 0 aliphatic heterocycles. The van der Waals surface area contributed by atoms with Crippen LogP contribution < -0.4 is 9.47 Å². The minimum absolute atomic E-state index is 0.226. The predicted octanol–water partition coefficient (Wildman–Crippen LogP) is 4.64. The quantitative estimate of drug-likeness (QED) is 0.363. The number of aromatic nitrogens is 2. The molecule has 0 aliphatic carbocycles. The number of rotatable bonds is 5. The Balaban J connectivity index is 1.75. The first-order chi connectivity index (χ1) is 14.7. The fourth-order valence-electron chi connectivity index (χ4n) is 3.02. The Morgan fingerprint density at radius 2 is 1.63 bits per heavy atom. The maximum Gasteiger partial charge on any atom is 0.362 e. The highest BCUT2D eigenvalue weighted by atomic mass is 16.6. The van der Waals surface area contributed by atoms with Gasteiger partial charge in [0.25, 0.3) is 0 Å². The largest absolute Gasteiger partial charge is 0.493 e. The lowest BCUT2D eigenvalue weighted by Crippen LogP contribution is -2.15. The van der Waals surface area contributed by atoms with Crippen LogP contribution in [0.2, 0.25) is 0 Å². The van der Waals surface area contributed by atoms with E-state index in [0.717, 1.165) is 11.3 Å². The number of hydrogen-bond donors (Lipinski definition) is 0. The van der Waals surface area contributed by atoms with Gasteiger partial charge in [0, 0.05) is 11.6 Å². The van der Waals surface area contributed by atoms with Crippen LogP contribution >= 0.6 is 0 Å². The van der Waals surface area contributed by atoms with E-state index in [1.165, 1.54) is 19.2 Å². The molecule has 6 nitrogen and oxygen atoms in total. The number of nitrogens with zero attached hydrogens (tertiary/aromatic N) is 3. The van der Waals surface area contributed by atoms with Crippen LogP contribution in [0.1, 0.15) is 16.1 Å². The van der Waals surface area contributed by atoms with Crippen LogP contribution in [0.4, 0.5) is 0 Å². The number of nitriles is 1. The van der Waals surface area contributed by atoms with Crippen molar-refractivity contribution in [3.63, 3.8) is 0 Å². The third kappa shape index (κ3) is 3.77. The van der Waals surface area contributed by atoms with E-state index >= 15 is 0 Å². The molecule has 0 aliphatic rings. The molecule has 0 unspecified atom stereocenters. The summed E-state index contributed by atoms with van der Waals surface area (Å²) < 4.78 is 12.4. The molecular weight excluding hydrogens is 378 g/mol. The number of hydrogen-bond acceptors (Lipinski definition) is 5. The molecule has 30 heavy (non-hydrogen) atoms. The first-order valence-electron chi connectivity index (χ1n) is 9.21. The standard InChI is InChI=1S/C24H17N3O3/c1-29-23-14-17(16-25)12-13-22(23)30-24(28)21-15-20(18-8-4-2-5-9-18)26-27(21)19-10-6-3-7-11-19/h2-15H,1H3. The van der Waals surface area contributed by atoms with Gasteiger partial charge in [0.15, 0.2) is 17.2 Å². The third-order valence-electron chi connectivity index (χ3n) is 4.48. The number of carbonyl (C=O) groups is 1. The van der Waals surface area contributed by atoms with Gasteiger partial charge in [-0.3, -0.25) is 0 Å². The SMILES string of the molecule is COc1cc(C#N)ccc1OC(=O)c1cc(-c2ccccc2)nn1-c1ccccc1. The summed E-state index contributed by atoms with van der Waals surface area (Å²) in [6.07, 6.45) is 0. The molecule has 146 valence electrons. The Morgan fingerprint density at radius 1 is 0.933 bits per heavy atom. The molecule has 0 bridgehead atoms. The second-order valence-electron chi connectivity index (χ2n) is 6.40. The Bertz CT molecular complexity index is 1230. The van der Waals surface area contributed by atoms with Gasteiger partial charge in [-0.05, 0) is 30.3 Å². The summed E-state index contributed by atoms with van der Waals surface area (Å²) >= 11 is 0. The van der Waals surface area contributed by atoms with Gasteiger partial charge in [-0.2, -0.15) is 10.4 Å². The summed E-state index contributed by atoms with van der Waals surface area (Å²) in [5.74, 6) is -0.0587. The average molecular weight is 395 g/mol. The van der Waals surface area contributed by atoms with E-state index in [2.05, 4.69) is 5.10 Å². The van der Waals surface area contributed by atoms with Gasteiger partial charge in [0.05, 0.1) is 30.1 Å². The fourth-order valence-corrected chi connectivity index (χ4v) is 3.02. The molecule has 0 saturated heterocycles. The third-order valence-corrected chi connectivity index (χ3v) is 4.48. The first kappa shape index (κ1) is 19.0. The van der Waals surface area contributed by atoms with E-state index < -0.39 is 5.97 Å². The van der Waals surface area contributed by atoms with E-state index in [9.17, 15) is 4.79 Å². The summed E-state index contributed by atoms with van der Waals surface area (Å²) in [6.45, 7) is 0. The van der Waals surface area contributed by atoms with Crippen LogP contribution in [-0.2, 0) is 0 Å². The molecule has 0 spiro atoms. The molecule has 0 N–H and O–H groups in total. The highest BCUT2D eigenvalue weighted by Crippen LogP contribution is 2.29. The Hall–Kier alpha value is -4.37. The predicted molar refractivity (Wildman–Crippen MR) is 112 cm³/mol. The molecule has 0 amide bonds. The molecule has 0 radical (unpaired) electrons. The van der Waals surface area contributed by atoms with Crippen LogP contribution in [0.3, 0.4) is 0 Å². The average Bonchev–Trinajstić information content (AvgIpc) is 3.26. The Kier molecular flexibility index (Phi) is 5.27. The second kappa shape index (κ2) is 8.33. The van der Waals surface area contributed by atoms with Gasteiger partial charge >= 0.3 is 5.97 Å². The van der Waals surface area contributed by atoms with E-state index in [-0.39, 0.29) is 11.4 Å². The highest BCUT2D eigenvalue weighted by Gasteiger charge is 2.21. The minimum Gasteiger partial charge on any atom is -0.493 e. The van der Waals surface area contributed by atoms with Crippen LogP contribution in [0.15, 0.2) is 84.9 Å². The summed E-state index contributed by atoms with van der Waals surface area (Å²) in [6, 6.07) is 27.3. The highest BCUT2D eigenvalue weighted by molar-refractivity contribution is 5.91. The van der Waals surface area contributed by atoms with E-state index in [0.29, 0.717) is 17.0 Å². The number of carbonyl (C=O) groups excluding carboxylic acids is 1. The van der Waals surface area contributed by atoms with Crippen LogP contribution in [-0.4, -0.2) is 22.9 Å². The zero-order chi connectivity index (χ0) is 20.9. The zero-order valence-electron chi connectivity index (χ0n) is 16.1. The lowest BCUT2D eigenvalue weighted by atomic mass is 10.1. The molecule has 0 saturated carbocycles. The first-order valence-corrected chi connectivity index (χ1v) is 9.21. The van der Waals surface area contributed by atoms with Crippen LogP contribution in [0.5, 0.6) is 11.5 Å². The van der Waals surface area contributed by atoms with Crippen molar-refractivity contribution in [3.05, 3.63) is 96.2 Å². The van der Waals surface area contributed by atoms with Crippen molar-refractivity contribution < 1.29 is 14.3 Å². The topological polar surface area (TPSA) is 77.1 Å². The van der Waals surface area contributed by atoms with Gasteiger partial charge in [0.1, 0.15) is 0 Å². The fraction of sp³-hybridized carbons (Fsp3) is 0.0417. The molecule has 4 rings (SSSR count). The normalized spacial score (nSPS) is 10.3. The molecular formula is C24H17N3O3. The van der Waals surface area contributed by atoms with Gasteiger partial charge in [-0.15, -0.1) is 0 Å². The Labute approximate surface area is 173 Å². The van der Waals surface area contributed by atoms with Crippen LogP contribution in [0, 0.1) is 11.3 Å². The van der Waals surface area contributed by atoms with Gasteiger partial charge < -0.3 is 9.47 Å². The lowest BCUT2D eigenvalue weighted by molar-refractivity contribution is 0.0720. The monoisotopic (exact) mass is 395 g/mol. The smallest absolute Gasteiger partial charge is 0.362 e. The van der Waals surface area contributed by atoms with E-state index in [4.69, 9.17) is 14.7 Å². The number of methoxy groups -OCH3 is 1. The molecule has 1 aromatic heterocycles. The van der Waals surface area contributed by atoms with Crippen molar-refractivity contribution in [2.75, 3.05) is 7.11 Å². The van der Waals surface area contributed by atoms with Crippen molar-refractivity contribution in [1.29, 1.82) is 5.26 Å². The number of esters is 1. The zero-order valence-corrected chi connectivity index (χ0v) is 16.1. The molecule has 0 fully saturated rings. The van der Waals surface area contributed by atoms with Gasteiger partial charge in [0.2, 0.25) is 0 Å². The molecule has 3 aromatic carbocycles. The second-order valence-corrected chi connectivity index (χ2v) is 6.40. The molecule has 6 heteroatoms. The van der Waals surface area contributed by atoms with Crippen molar-refractivity contribution in [2.24, 2.45) is 0 Å². The summed E-state index contributed by atoms with van der Waals surface area (Å²) in [5, 5.41) is 13.7. The maximum absolute atomic E-state index is 13.1. The molecule has 4 aromatic rings. The summed E-state index contributed by atoms with van der Waals surface area (Å²) in [4.78, 5) is 13.1. The van der Waals surface area contributed by atoms with Crippen LogP contribution in [0.25, 0.3) is 16.9 Å². The van der Waals surface area contributed by atoms with Gasteiger partial charge in [-0.1, -0.05) is 48.5 Å². The summed E-state index contributed by atoms with van der Waals surface area (Å²) in [7, 11) is 1.45. The molecule has 0 atom stereocenters. The Morgan fingerprint density at radius 3 is 2.30 bits per heavy atom. The number of para-hydroxylation sites is 1. The van der Waals surface area contributed by atoms with Gasteiger partial charge in [-0.25, -0.2) is 9.48 Å². The lowest BCUT2D eigenvalue weighted by Gasteiger charge is -2.10. The van der Waals surface area contributed by atoms with Crippen molar-refractivity contribution in [1.82, 2.24) is 9.78 Å². The van der Waals surface area contributed by atoms with E-state index in [1.807, 2.05) is 66.7 Å². The number of ether oxygens (including phenoxy) is 2. The minimum atomic E-state index is -0.587. The van der Waals surface area contributed by atoms with Crippen molar-refractivity contribution in [3.8, 4) is 34.5 Å². The van der Waals surface area contributed by atoms with Crippen molar-refractivity contribution >= 4 is 5.97 Å². The maximum atomic E-state index is 13.1. The molecule has 1 heterocycles.